The number of rotatable bonds is 2. The van der Waals surface area contributed by atoms with E-state index in [0.29, 0.717) is 6.67 Å². The molecule has 0 radical (unpaired) electrons. The van der Waals surface area contributed by atoms with Crippen LogP contribution < -0.4 is 21.9 Å². The molecular formula is C11H21N5O4. The second-order valence-corrected chi connectivity index (χ2v) is 5.41. The SMILES string of the molecule is CN1CNC2=C(NNC2C2OC(CO)C(O)C2O)C1N. The van der Waals surface area contributed by atoms with Gasteiger partial charge in [-0.3, -0.25) is 4.90 Å². The molecule has 114 valence electrons. The molecule has 8 N–H and O–H groups in total. The first kappa shape index (κ1) is 14.0. The summed E-state index contributed by atoms with van der Waals surface area (Å²) in [6.07, 6.45) is -3.89. The highest BCUT2D eigenvalue weighted by Gasteiger charge is 2.49. The minimum Gasteiger partial charge on any atom is -0.394 e. The molecule has 0 amide bonds. The molecule has 3 heterocycles. The van der Waals surface area contributed by atoms with Gasteiger partial charge in [0.05, 0.1) is 30.7 Å². The Hall–Kier alpha value is -0.940. The van der Waals surface area contributed by atoms with Gasteiger partial charge in [-0.1, -0.05) is 0 Å². The molecular weight excluding hydrogens is 266 g/mol. The number of aliphatic hydroxyl groups excluding tert-OH is 3. The van der Waals surface area contributed by atoms with Crippen LogP contribution in [-0.2, 0) is 4.74 Å². The third-order valence-corrected chi connectivity index (χ3v) is 4.16. The van der Waals surface area contributed by atoms with Crippen molar-refractivity contribution in [2.75, 3.05) is 20.3 Å². The molecule has 0 aromatic rings. The molecule has 1 saturated heterocycles. The van der Waals surface area contributed by atoms with Crippen LogP contribution in [0.2, 0.25) is 0 Å². The van der Waals surface area contributed by atoms with E-state index in [1.807, 2.05) is 11.9 Å². The van der Waals surface area contributed by atoms with Crippen molar-refractivity contribution in [3.63, 3.8) is 0 Å². The van der Waals surface area contributed by atoms with E-state index in [1.165, 1.54) is 0 Å². The van der Waals surface area contributed by atoms with E-state index in [9.17, 15) is 10.2 Å². The minimum atomic E-state index is -1.10. The summed E-state index contributed by atoms with van der Waals surface area (Å²) >= 11 is 0. The first-order valence-corrected chi connectivity index (χ1v) is 6.62. The molecule has 0 aliphatic carbocycles. The second-order valence-electron chi connectivity index (χ2n) is 5.41. The Labute approximate surface area is 116 Å². The van der Waals surface area contributed by atoms with E-state index in [0.717, 1.165) is 11.4 Å². The molecule has 0 aromatic heterocycles. The lowest BCUT2D eigenvalue weighted by Gasteiger charge is -2.33. The largest absolute Gasteiger partial charge is 0.394 e. The summed E-state index contributed by atoms with van der Waals surface area (Å²) in [5.74, 6) is 0. The fourth-order valence-electron chi connectivity index (χ4n) is 2.88. The summed E-state index contributed by atoms with van der Waals surface area (Å²) in [5.41, 5.74) is 13.7. The Balaban J connectivity index is 1.81. The monoisotopic (exact) mass is 287 g/mol. The molecule has 0 saturated carbocycles. The minimum absolute atomic E-state index is 0.277. The first-order chi connectivity index (χ1) is 9.54. The topological polar surface area (TPSA) is 135 Å². The average molecular weight is 287 g/mol. The van der Waals surface area contributed by atoms with Crippen LogP contribution in [0.1, 0.15) is 0 Å². The van der Waals surface area contributed by atoms with E-state index in [2.05, 4.69) is 16.2 Å². The summed E-state index contributed by atoms with van der Waals surface area (Å²) in [4.78, 5) is 1.92. The predicted octanol–water partition coefficient (Wildman–Crippen LogP) is -4.07. The Morgan fingerprint density at radius 3 is 2.75 bits per heavy atom. The van der Waals surface area contributed by atoms with Gasteiger partial charge in [0.2, 0.25) is 0 Å². The van der Waals surface area contributed by atoms with Gasteiger partial charge in [0.1, 0.15) is 30.6 Å². The van der Waals surface area contributed by atoms with Gasteiger partial charge in [-0.15, -0.1) is 0 Å². The number of aliphatic hydroxyl groups is 3. The van der Waals surface area contributed by atoms with Gasteiger partial charge in [-0.2, -0.15) is 0 Å². The second kappa shape index (κ2) is 5.11. The number of hydrazine groups is 1. The van der Waals surface area contributed by atoms with Crippen LogP contribution >= 0.6 is 0 Å². The number of hydrogen-bond donors (Lipinski definition) is 7. The molecule has 6 atom stereocenters. The van der Waals surface area contributed by atoms with E-state index in [-0.39, 0.29) is 18.8 Å². The van der Waals surface area contributed by atoms with Gasteiger partial charge < -0.3 is 36.5 Å². The molecule has 3 aliphatic rings. The van der Waals surface area contributed by atoms with Crippen LogP contribution in [-0.4, -0.2) is 77.2 Å². The van der Waals surface area contributed by atoms with E-state index in [4.69, 9.17) is 15.6 Å². The maximum absolute atomic E-state index is 10.1. The number of ether oxygens (including phenoxy) is 1. The van der Waals surface area contributed by atoms with Crippen LogP contribution in [0.15, 0.2) is 11.4 Å². The summed E-state index contributed by atoms with van der Waals surface area (Å²) in [6.45, 7) is 0.241. The van der Waals surface area contributed by atoms with Crippen molar-refractivity contribution in [1.29, 1.82) is 0 Å². The highest BCUT2D eigenvalue weighted by Crippen LogP contribution is 2.29. The van der Waals surface area contributed by atoms with Gasteiger partial charge in [0, 0.05) is 0 Å². The zero-order valence-corrected chi connectivity index (χ0v) is 11.2. The molecule has 9 heteroatoms. The Morgan fingerprint density at radius 1 is 1.35 bits per heavy atom. The zero-order chi connectivity index (χ0) is 14.4. The number of hydrogen-bond acceptors (Lipinski definition) is 9. The van der Waals surface area contributed by atoms with Crippen molar-refractivity contribution in [1.82, 2.24) is 21.1 Å². The molecule has 9 nitrogen and oxygen atoms in total. The Morgan fingerprint density at radius 2 is 2.10 bits per heavy atom. The Kier molecular flexibility index (Phi) is 3.58. The lowest BCUT2D eigenvalue weighted by molar-refractivity contribution is -0.0300. The van der Waals surface area contributed by atoms with Crippen molar-refractivity contribution in [2.24, 2.45) is 5.73 Å². The number of likely N-dealkylation sites (N-methyl/N-ethyl adjacent to an activating group) is 1. The average Bonchev–Trinajstić information content (AvgIpc) is 2.98. The molecule has 3 rings (SSSR count). The third-order valence-electron chi connectivity index (χ3n) is 4.16. The molecule has 0 spiro atoms. The van der Waals surface area contributed by atoms with Crippen molar-refractivity contribution in [3.05, 3.63) is 11.4 Å². The number of nitrogens with two attached hydrogens (primary N) is 1. The van der Waals surface area contributed by atoms with Crippen LogP contribution in [0.4, 0.5) is 0 Å². The molecule has 6 unspecified atom stereocenters. The van der Waals surface area contributed by atoms with Crippen molar-refractivity contribution >= 4 is 0 Å². The summed E-state index contributed by atoms with van der Waals surface area (Å²) in [5, 5.41) is 32.3. The van der Waals surface area contributed by atoms with E-state index in [1.54, 1.807) is 0 Å². The number of nitrogens with zero attached hydrogens (tertiary/aromatic N) is 1. The molecule has 0 aromatic carbocycles. The number of nitrogens with one attached hydrogen (secondary N) is 3. The zero-order valence-electron chi connectivity index (χ0n) is 11.2. The molecule has 1 fully saturated rings. The van der Waals surface area contributed by atoms with Crippen LogP contribution in [0.3, 0.4) is 0 Å². The van der Waals surface area contributed by atoms with Crippen LogP contribution in [0.25, 0.3) is 0 Å². The standard InChI is InChI=1S/C11H21N5O4/c1-16-3-13-5-6(14-15-7(5)11(16)12)10-9(19)8(18)4(2-17)20-10/h4,6,8-11,13-15,17-19H,2-3,12H2,1H3. The maximum atomic E-state index is 10.1. The normalized spacial score (nSPS) is 45.2. The lowest BCUT2D eigenvalue weighted by Crippen LogP contribution is -2.53. The molecule has 3 aliphatic heterocycles. The van der Waals surface area contributed by atoms with Crippen molar-refractivity contribution < 1.29 is 20.1 Å². The first-order valence-electron chi connectivity index (χ1n) is 6.62. The van der Waals surface area contributed by atoms with Gasteiger partial charge >= 0.3 is 0 Å². The summed E-state index contributed by atoms with van der Waals surface area (Å²) < 4.78 is 5.55. The quantitative estimate of drug-likeness (QED) is 0.271. The van der Waals surface area contributed by atoms with Crippen LogP contribution in [0, 0.1) is 0 Å². The van der Waals surface area contributed by atoms with Gasteiger partial charge in [0.25, 0.3) is 0 Å². The summed E-state index contributed by atoms with van der Waals surface area (Å²) in [7, 11) is 1.89. The van der Waals surface area contributed by atoms with Gasteiger partial charge in [0.15, 0.2) is 0 Å². The van der Waals surface area contributed by atoms with Crippen molar-refractivity contribution in [2.45, 2.75) is 36.6 Å². The maximum Gasteiger partial charge on any atom is 0.111 e. The van der Waals surface area contributed by atoms with E-state index >= 15 is 0 Å². The van der Waals surface area contributed by atoms with E-state index < -0.39 is 24.4 Å². The summed E-state index contributed by atoms with van der Waals surface area (Å²) in [6, 6.07) is -0.356. The molecule has 0 bridgehead atoms. The highest BCUT2D eigenvalue weighted by molar-refractivity contribution is 5.29. The highest BCUT2D eigenvalue weighted by atomic mass is 16.6. The Bertz CT molecular complexity index is 420. The van der Waals surface area contributed by atoms with Crippen LogP contribution in [0.5, 0.6) is 0 Å². The lowest BCUT2D eigenvalue weighted by atomic mass is 9.99. The fourth-order valence-corrected chi connectivity index (χ4v) is 2.88. The third kappa shape index (κ3) is 1.99. The smallest absolute Gasteiger partial charge is 0.111 e. The van der Waals surface area contributed by atoms with Gasteiger partial charge in [-0.25, -0.2) is 5.43 Å². The predicted molar refractivity (Wildman–Crippen MR) is 68.6 cm³/mol. The fraction of sp³-hybridized carbons (Fsp3) is 0.818. The molecule has 20 heavy (non-hydrogen) atoms. The van der Waals surface area contributed by atoms with Crippen molar-refractivity contribution in [3.8, 4) is 0 Å². The van der Waals surface area contributed by atoms with Gasteiger partial charge in [-0.05, 0) is 7.05 Å².